The van der Waals surface area contributed by atoms with Crippen molar-refractivity contribution >= 4 is 17.4 Å². The summed E-state index contributed by atoms with van der Waals surface area (Å²) in [5, 5.41) is 10.7. The largest absolute Gasteiger partial charge is 0.457 e. The Morgan fingerprint density at radius 2 is 2.00 bits per heavy atom. The van der Waals surface area contributed by atoms with E-state index in [0.717, 1.165) is 6.42 Å². The van der Waals surface area contributed by atoms with E-state index in [9.17, 15) is 19.7 Å². The van der Waals surface area contributed by atoms with E-state index in [1.807, 2.05) is 0 Å². The van der Waals surface area contributed by atoms with E-state index in [1.165, 1.54) is 49.9 Å². The standard InChI is InChI=1S/C16H19NO5/c18-15(13-6-3-7-14(10-13)17(20)21)11-22-16(19)9-8-12-4-1-2-5-12/h3,6-7,10,12H,1-2,4-5,8-9,11H2. The molecule has 2 rings (SSSR count). The molecular formula is C16H19NO5. The lowest BCUT2D eigenvalue weighted by Gasteiger charge is -2.08. The third-order valence-electron chi connectivity index (χ3n) is 3.97. The van der Waals surface area contributed by atoms with Gasteiger partial charge in [0.15, 0.2) is 6.61 Å². The molecule has 0 spiro atoms. The van der Waals surface area contributed by atoms with Crippen LogP contribution in [0.25, 0.3) is 0 Å². The second-order valence-electron chi connectivity index (χ2n) is 5.58. The Kier molecular flexibility index (Phi) is 5.63. The number of nitro benzene ring substituents is 1. The normalized spacial score (nSPS) is 14.7. The molecule has 0 amide bonds. The van der Waals surface area contributed by atoms with E-state index in [4.69, 9.17) is 4.74 Å². The lowest BCUT2D eigenvalue weighted by Crippen LogP contribution is -2.14. The van der Waals surface area contributed by atoms with Crippen molar-refractivity contribution in [3.63, 3.8) is 0 Å². The van der Waals surface area contributed by atoms with Crippen molar-refractivity contribution in [2.45, 2.75) is 38.5 Å². The molecule has 6 heteroatoms. The molecule has 0 radical (unpaired) electrons. The maximum absolute atomic E-state index is 11.9. The summed E-state index contributed by atoms with van der Waals surface area (Å²) >= 11 is 0. The monoisotopic (exact) mass is 305 g/mol. The number of hydrogen-bond acceptors (Lipinski definition) is 5. The zero-order valence-corrected chi connectivity index (χ0v) is 12.3. The van der Waals surface area contributed by atoms with Gasteiger partial charge in [0.05, 0.1) is 4.92 Å². The maximum Gasteiger partial charge on any atom is 0.306 e. The van der Waals surface area contributed by atoms with Gasteiger partial charge in [0.2, 0.25) is 5.78 Å². The van der Waals surface area contributed by atoms with Crippen molar-refractivity contribution in [3.8, 4) is 0 Å². The van der Waals surface area contributed by atoms with Gasteiger partial charge in [-0.3, -0.25) is 19.7 Å². The summed E-state index contributed by atoms with van der Waals surface area (Å²) in [6.07, 6.45) is 5.92. The first-order valence-corrected chi connectivity index (χ1v) is 7.49. The van der Waals surface area contributed by atoms with Gasteiger partial charge >= 0.3 is 5.97 Å². The molecule has 1 aliphatic rings. The van der Waals surface area contributed by atoms with Crippen LogP contribution in [0.15, 0.2) is 24.3 Å². The summed E-state index contributed by atoms with van der Waals surface area (Å²) in [5.74, 6) is -0.219. The van der Waals surface area contributed by atoms with Crippen LogP contribution in [0.4, 0.5) is 5.69 Å². The molecular weight excluding hydrogens is 286 g/mol. The number of carbonyl (C=O) groups excluding carboxylic acids is 2. The highest BCUT2D eigenvalue weighted by Gasteiger charge is 2.18. The Labute approximate surface area is 128 Å². The summed E-state index contributed by atoms with van der Waals surface area (Å²) in [5.41, 5.74) is 0.0243. The number of esters is 1. The van der Waals surface area contributed by atoms with Crippen molar-refractivity contribution in [1.29, 1.82) is 0 Å². The van der Waals surface area contributed by atoms with Gasteiger partial charge < -0.3 is 4.74 Å². The third kappa shape index (κ3) is 4.65. The fraction of sp³-hybridized carbons (Fsp3) is 0.500. The lowest BCUT2D eigenvalue weighted by atomic mass is 10.0. The van der Waals surface area contributed by atoms with Crippen LogP contribution >= 0.6 is 0 Å². The van der Waals surface area contributed by atoms with Crippen LogP contribution < -0.4 is 0 Å². The van der Waals surface area contributed by atoms with Crippen LogP contribution in [0.3, 0.4) is 0 Å². The average molecular weight is 305 g/mol. The molecule has 0 unspecified atom stereocenters. The SMILES string of the molecule is O=C(CCC1CCCC1)OCC(=O)c1cccc([N+](=O)[O-])c1. The Bertz CT molecular complexity index is 563. The number of hydrogen-bond donors (Lipinski definition) is 0. The predicted molar refractivity (Wildman–Crippen MR) is 79.6 cm³/mol. The van der Waals surface area contributed by atoms with Crippen molar-refractivity contribution < 1.29 is 19.2 Å². The van der Waals surface area contributed by atoms with Crippen molar-refractivity contribution in [1.82, 2.24) is 0 Å². The Balaban J connectivity index is 1.78. The van der Waals surface area contributed by atoms with Crippen LogP contribution in [-0.4, -0.2) is 23.3 Å². The Morgan fingerprint density at radius 3 is 2.68 bits per heavy atom. The minimum atomic E-state index is -0.565. The summed E-state index contributed by atoms with van der Waals surface area (Å²) in [7, 11) is 0. The van der Waals surface area contributed by atoms with Gasteiger partial charge in [-0.2, -0.15) is 0 Å². The van der Waals surface area contributed by atoms with Crippen LogP contribution in [0, 0.1) is 16.0 Å². The second-order valence-corrected chi connectivity index (χ2v) is 5.58. The summed E-state index contributed by atoms with van der Waals surface area (Å²) in [4.78, 5) is 33.6. The first kappa shape index (κ1) is 16.1. The van der Waals surface area contributed by atoms with E-state index in [1.54, 1.807) is 0 Å². The molecule has 0 aromatic heterocycles. The highest BCUT2D eigenvalue weighted by molar-refractivity contribution is 5.98. The molecule has 22 heavy (non-hydrogen) atoms. The number of non-ortho nitro benzene ring substituents is 1. The van der Waals surface area contributed by atoms with Crippen LogP contribution in [-0.2, 0) is 9.53 Å². The highest BCUT2D eigenvalue weighted by Crippen LogP contribution is 2.28. The van der Waals surface area contributed by atoms with Gasteiger partial charge in [-0.25, -0.2) is 0 Å². The van der Waals surface area contributed by atoms with E-state index in [-0.39, 0.29) is 23.8 Å². The van der Waals surface area contributed by atoms with Gasteiger partial charge in [-0.15, -0.1) is 0 Å². The molecule has 1 fully saturated rings. The van der Waals surface area contributed by atoms with Crippen LogP contribution in [0.1, 0.15) is 48.9 Å². The Hall–Kier alpha value is -2.24. The minimum absolute atomic E-state index is 0.154. The van der Waals surface area contributed by atoms with Gasteiger partial charge in [-0.1, -0.05) is 37.8 Å². The first-order valence-electron chi connectivity index (χ1n) is 7.49. The van der Waals surface area contributed by atoms with Gasteiger partial charge in [0.25, 0.3) is 5.69 Å². The number of ketones is 1. The van der Waals surface area contributed by atoms with E-state index >= 15 is 0 Å². The second kappa shape index (κ2) is 7.68. The lowest BCUT2D eigenvalue weighted by molar-refractivity contribution is -0.384. The molecule has 0 atom stereocenters. The van der Waals surface area contributed by atoms with Crippen LogP contribution in [0.5, 0.6) is 0 Å². The number of nitrogens with zero attached hydrogens (tertiary/aromatic N) is 1. The van der Waals surface area contributed by atoms with Gasteiger partial charge in [0, 0.05) is 24.1 Å². The molecule has 6 nitrogen and oxygen atoms in total. The predicted octanol–water partition coefficient (Wildman–Crippen LogP) is 3.29. The van der Waals surface area contributed by atoms with Gasteiger partial charge in [-0.05, 0) is 12.3 Å². The zero-order chi connectivity index (χ0) is 15.9. The number of benzene rings is 1. The summed E-state index contributed by atoms with van der Waals surface area (Å²) in [6.45, 7) is -0.370. The van der Waals surface area contributed by atoms with Gasteiger partial charge in [0.1, 0.15) is 0 Å². The molecule has 0 aliphatic heterocycles. The molecule has 0 heterocycles. The van der Waals surface area contributed by atoms with Crippen LogP contribution in [0.2, 0.25) is 0 Å². The molecule has 1 aromatic rings. The number of rotatable bonds is 7. The fourth-order valence-electron chi connectivity index (χ4n) is 2.72. The molecule has 0 saturated heterocycles. The van der Waals surface area contributed by atoms with Crippen molar-refractivity contribution in [3.05, 3.63) is 39.9 Å². The van der Waals surface area contributed by atoms with Crippen molar-refractivity contribution in [2.75, 3.05) is 6.61 Å². The Morgan fingerprint density at radius 1 is 1.27 bits per heavy atom. The van der Waals surface area contributed by atoms with E-state index in [0.29, 0.717) is 12.3 Å². The summed E-state index contributed by atoms with van der Waals surface area (Å²) in [6, 6.07) is 5.41. The summed E-state index contributed by atoms with van der Waals surface area (Å²) < 4.78 is 4.96. The number of Topliss-reactive ketones (excluding diaryl/α,β-unsaturated/α-hetero) is 1. The highest BCUT2D eigenvalue weighted by atomic mass is 16.6. The molecule has 1 aromatic carbocycles. The minimum Gasteiger partial charge on any atom is -0.457 e. The molecule has 0 bridgehead atoms. The topological polar surface area (TPSA) is 86.5 Å². The molecule has 1 saturated carbocycles. The smallest absolute Gasteiger partial charge is 0.306 e. The maximum atomic E-state index is 11.9. The fourth-order valence-corrected chi connectivity index (χ4v) is 2.72. The van der Waals surface area contributed by atoms with Crippen molar-refractivity contribution in [2.24, 2.45) is 5.92 Å². The number of nitro groups is 1. The number of carbonyl (C=O) groups is 2. The first-order chi connectivity index (χ1) is 10.6. The number of ether oxygens (including phenoxy) is 1. The third-order valence-corrected chi connectivity index (χ3v) is 3.97. The van der Waals surface area contributed by atoms with E-state index < -0.39 is 10.7 Å². The molecule has 118 valence electrons. The van der Waals surface area contributed by atoms with E-state index in [2.05, 4.69) is 0 Å². The average Bonchev–Trinajstić information content (AvgIpc) is 3.04. The quantitative estimate of drug-likeness (QED) is 0.334. The molecule has 0 N–H and O–H groups in total. The zero-order valence-electron chi connectivity index (χ0n) is 12.3. The molecule has 1 aliphatic carbocycles.